The average Bonchev–Trinajstić information content (AvgIpc) is 1.96. The van der Waals surface area contributed by atoms with Crippen molar-refractivity contribution in [1.29, 1.82) is 0 Å². The molecule has 0 heterocycles. The molecule has 1 atom stereocenters. The standard InChI is InChI=1S/C12H23NO4/c1-10(2,3)12(7,8(14)15)13-9(16)17-11(4,5)6/h1-7H3,(H,13,16)(H,14,15). The van der Waals surface area contributed by atoms with E-state index in [1.807, 2.05) is 0 Å². The Hall–Kier alpha value is -1.26. The molecule has 0 aliphatic rings. The highest BCUT2D eigenvalue weighted by atomic mass is 16.6. The summed E-state index contributed by atoms with van der Waals surface area (Å²) in [6.45, 7) is 11.9. The van der Waals surface area contributed by atoms with Crippen molar-refractivity contribution in [2.24, 2.45) is 5.41 Å². The lowest BCUT2D eigenvalue weighted by Gasteiger charge is -2.38. The lowest BCUT2D eigenvalue weighted by molar-refractivity contribution is -0.148. The zero-order chi connectivity index (χ0) is 14.1. The third-order valence-corrected chi connectivity index (χ3v) is 2.68. The molecule has 0 saturated carbocycles. The van der Waals surface area contributed by atoms with E-state index in [1.165, 1.54) is 6.92 Å². The molecule has 17 heavy (non-hydrogen) atoms. The van der Waals surface area contributed by atoms with E-state index in [0.29, 0.717) is 0 Å². The maximum Gasteiger partial charge on any atom is 0.408 e. The minimum Gasteiger partial charge on any atom is -0.479 e. The molecule has 0 aromatic heterocycles. The Morgan fingerprint density at radius 3 is 1.65 bits per heavy atom. The van der Waals surface area contributed by atoms with Crippen molar-refractivity contribution in [2.75, 3.05) is 0 Å². The fourth-order valence-corrected chi connectivity index (χ4v) is 1.07. The van der Waals surface area contributed by atoms with E-state index >= 15 is 0 Å². The first-order valence-electron chi connectivity index (χ1n) is 5.54. The van der Waals surface area contributed by atoms with Crippen LogP contribution >= 0.6 is 0 Å². The Labute approximate surface area is 103 Å². The second-order valence-corrected chi connectivity index (χ2v) is 6.31. The van der Waals surface area contributed by atoms with Gasteiger partial charge in [0.2, 0.25) is 0 Å². The van der Waals surface area contributed by atoms with Crippen LogP contribution in [0, 0.1) is 5.41 Å². The summed E-state index contributed by atoms with van der Waals surface area (Å²) in [7, 11) is 0. The van der Waals surface area contributed by atoms with E-state index in [1.54, 1.807) is 41.5 Å². The molecule has 2 N–H and O–H groups in total. The molecule has 0 aromatic rings. The number of nitrogens with one attached hydrogen (secondary N) is 1. The molecule has 0 saturated heterocycles. The number of amides is 1. The van der Waals surface area contributed by atoms with Crippen molar-refractivity contribution in [1.82, 2.24) is 5.32 Å². The van der Waals surface area contributed by atoms with Gasteiger partial charge in [0, 0.05) is 0 Å². The van der Waals surface area contributed by atoms with Crippen molar-refractivity contribution in [3.05, 3.63) is 0 Å². The Morgan fingerprint density at radius 1 is 1.00 bits per heavy atom. The number of ether oxygens (including phenoxy) is 1. The normalized spacial score (nSPS) is 15.9. The van der Waals surface area contributed by atoms with Gasteiger partial charge < -0.3 is 15.2 Å². The molecule has 0 aliphatic carbocycles. The Morgan fingerprint density at radius 2 is 1.41 bits per heavy atom. The minimum atomic E-state index is -1.38. The number of alkyl carbamates (subject to hydrolysis) is 1. The molecule has 0 aliphatic heterocycles. The van der Waals surface area contributed by atoms with Gasteiger partial charge in [0.15, 0.2) is 0 Å². The zero-order valence-corrected chi connectivity index (χ0v) is 11.7. The van der Waals surface area contributed by atoms with Gasteiger partial charge in [-0.3, -0.25) is 0 Å². The van der Waals surface area contributed by atoms with Gasteiger partial charge in [-0.15, -0.1) is 0 Å². The monoisotopic (exact) mass is 245 g/mol. The summed E-state index contributed by atoms with van der Waals surface area (Å²) in [5.74, 6) is -1.09. The van der Waals surface area contributed by atoms with Gasteiger partial charge in [-0.1, -0.05) is 20.8 Å². The van der Waals surface area contributed by atoms with Gasteiger partial charge in [0.05, 0.1) is 0 Å². The number of carboxylic acid groups (broad SMARTS) is 1. The van der Waals surface area contributed by atoms with Crippen LogP contribution in [0.25, 0.3) is 0 Å². The Balaban J connectivity index is 4.93. The molecule has 0 fully saturated rings. The first-order valence-corrected chi connectivity index (χ1v) is 5.54. The number of hydrogen-bond acceptors (Lipinski definition) is 3. The highest BCUT2D eigenvalue weighted by molar-refractivity contribution is 5.84. The van der Waals surface area contributed by atoms with E-state index in [-0.39, 0.29) is 0 Å². The van der Waals surface area contributed by atoms with E-state index in [2.05, 4.69) is 5.32 Å². The van der Waals surface area contributed by atoms with E-state index in [0.717, 1.165) is 0 Å². The molecule has 1 amide bonds. The van der Waals surface area contributed by atoms with Crippen molar-refractivity contribution in [2.45, 2.75) is 59.6 Å². The van der Waals surface area contributed by atoms with Crippen LogP contribution in [0.1, 0.15) is 48.5 Å². The highest BCUT2D eigenvalue weighted by Crippen LogP contribution is 2.30. The molecule has 0 bridgehead atoms. The number of rotatable bonds is 2. The number of carbonyl (C=O) groups excluding carboxylic acids is 1. The summed E-state index contributed by atoms with van der Waals surface area (Å²) in [5, 5.41) is 11.7. The summed E-state index contributed by atoms with van der Waals surface area (Å²) in [6, 6.07) is 0. The fraction of sp³-hybridized carbons (Fsp3) is 0.833. The second kappa shape index (κ2) is 4.55. The minimum absolute atomic E-state index is 0.629. The zero-order valence-electron chi connectivity index (χ0n) is 11.7. The highest BCUT2D eigenvalue weighted by Gasteiger charge is 2.46. The van der Waals surface area contributed by atoms with Crippen molar-refractivity contribution in [3.63, 3.8) is 0 Å². The van der Waals surface area contributed by atoms with Crippen LogP contribution in [0.3, 0.4) is 0 Å². The third kappa shape index (κ3) is 4.24. The summed E-state index contributed by atoms with van der Waals surface area (Å²) in [5.41, 5.74) is -2.66. The van der Waals surface area contributed by atoms with Crippen LogP contribution < -0.4 is 5.32 Å². The second-order valence-electron chi connectivity index (χ2n) is 6.31. The van der Waals surface area contributed by atoms with Crippen LogP contribution in [-0.2, 0) is 9.53 Å². The Bertz CT molecular complexity index is 311. The quantitative estimate of drug-likeness (QED) is 0.783. The summed E-state index contributed by atoms with van der Waals surface area (Å²) < 4.78 is 5.07. The first-order chi connectivity index (χ1) is 7.29. The molecule has 0 rings (SSSR count). The van der Waals surface area contributed by atoms with E-state index in [4.69, 9.17) is 4.74 Å². The Kier molecular flexibility index (Phi) is 4.21. The molecule has 5 nitrogen and oxygen atoms in total. The number of carboxylic acids is 1. The van der Waals surface area contributed by atoms with Crippen molar-refractivity contribution >= 4 is 12.1 Å². The summed E-state index contributed by atoms with van der Waals surface area (Å²) >= 11 is 0. The van der Waals surface area contributed by atoms with Crippen LogP contribution in [0.5, 0.6) is 0 Å². The first kappa shape index (κ1) is 15.7. The smallest absolute Gasteiger partial charge is 0.408 e. The molecular weight excluding hydrogens is 222 g/mol. The third-order valence-electron chi connectivity index (χ3n) is 2.68. The van der Waals surface area contributed by atoms with Crippen LogP contribution in [0.4, 0.5) is 4.79 Å². The van der Waals surface area contributed by atoms with Gasteiger partial charge in [-0.25, -0.2) is 9.59 Å². The summed E-state index contributed by atoms with van der Waals surface area (Å²) in [4.78, 5) is 22.9. The molecule has 0 aromatic carbocycles. The molecule has 5 heteroatoms. The van der Waals surface area contributed by atoms with Gasteiger partial charge in [-0.2, -0.15) is 0 Å². The largest absolute Gasteiger partial charge is 0.479 e. The number of hydrogen-bond donors (Lipinski definition) is 2. The van der Waals surface area contributed by atoms with Gasteiger partial charge in [0.25, 0.3) is 0 Å². The van der Waals surface area contributed by atoms with E-state index < -0.39 is 28.6 Å². The lowest BCUT2D eigenvalue weighted by Crippen LogP contribution is -2.60. The predicted octanol–water partition coefficient (Wildman–Crippen LogP) is 2.40. The SMILES string of the molecule is CC(C)(C)OC(=O)NC(C)(C(=O)O)C(C)(C)C. The maximum absolute atomic E-state index is 11.6. The average molecular weight is 245 g/mol. The van der Waals surface area contributed by atoms with Crippen LogP contribution in [0.15, 0.2) is 0 Å². The lowest BCUT2D eigenvalue weighted by atomic mass is 9.75. The number of carbonyl (C=O) groups is 2. The molecular formula is C12H23NO4. The molecule has 100 valence electrons. The van der Waals surface area contributed by atoms with Crippen LogP contribution in [0.2, 0.25) is 0 Å². The predicted molar refractivity (Wildman–Crippen MR) is 64.9 cm³/mol. The van der Waals surface area contributed by atoms with Crippen molar-refractivity contribution in [3.8, 4) is 0 Å². The van der Waals surface area contributed by atoms with E-state index in [9.17, 15) is 14.7 Å². The maximum atomic E-state index is 11.6. The molecule has 0 spiro atoms. The fourth-order valence-electron chi connectivity index (χ4n) is 1.07. The van der Waals surface area contributed by atoms with Crippen LogP contribution in [-0.4, -0.2) is 28.3 Å². The number of aliphatic carboxylic acids is 1. The molecule has 1 unspecified atom stereocenters. The topological polar surface area (TPSA) is 75.6 Å². The molecule has 0 radical (unpaired) electrons. The van der Waals surface area contributed by atoms with Gasteiger partial charge in [-0.05, 0) is 33.1 Å². The summed E-state index contributed by atoms with van der Waals surface area (Å²) in [6.07, 6.45) is -0.725. The van der Waals surface area contributed by atoms with Gasteiger partial charge >= 0.3 is 12.1 Å². The van der Waals surface area contributed by atoms with Crippen molar-refractivity contribution < 1.29 is 19.4 Å². The van der Waals surface area contributed by atoms with Gasteiger partial charge in [0.1, 0.15) is 11.1 Å².